The van der Waals surface area contributed by atoms with Crippen molar-refractivity contribution in [3.05, 3.63) is 200 Å². The van der Waals surface area contributed by atoms with E-state index in [4.69, 9.17) is 28.1 Å². The van der Waals surface area contributed by atoms with Gasteiger partial charge in [0.05, 0.1) is 20.3 Å². The molecule has 1 aromatic heterocycles. The van der Waals surface area contributed by atoms with Crippen LogP contribution in [0.2, 0.25) is 5.04 Å². The second-order valence-corrected chi connectivity index (χ2v) is 21.0. The van der Waals surface area contributed by atoms with Crippen molar-refractivity contribution in [3.8, 4) is 11.5 Å². The average Bonchev–Trinajstić information content (AvgIpc) is 3.68. The zero-order valence-electron chi connectivity index (χ0n) is 37.0. The summed E-state index contributed by atoms with van der Waals surface area (Å²) in [4.78, 5) is 31.6. The molecule has 1 fully saturated rings. The molecule has 1 aliphatic heterocycles. The maximum Gasteiger partial charge on any atom is 0.330 e. The van der Waals surface area contributed by atoms with Gasteiger partial charge in [-0.2, -0.15) is 0 Å². The van der Waals surface area contributed by atoms with Gasteiger partial charge < -0.3 is 28.1 Å². The third kappa shape index (κ3) is 9.07. The topological polar surface area (TPSA) is 159 Å². The molecule has 1 N–H and O–H groups in total. The Morgan fingerprint density at radius 2 is 1.25 bits per heavy atom. The minimum absolute atomic E-state index is 0.184. The third-order valence-corrected chi connectivity index (χ3v) is 17.1. The van der Waals surface area contributed by atoms with Crippen LogP contribution in [0.15, 0.2) is 166 Å². The molecule has 0 saturated carbocycles. The van der Waals surface area contributed by atoms with Gasteiger partial charge in [0.15, 0.2) is 6.23 Å². The molecule has 0 aliphatic carbocycles. The predicted octanol–water partition coefficient (Wildman–Crippen LogP) is 7.88. The van der Waals surface area contributed by atoms with Crippen molar-refractivity contribution in [2.75, 3.05) is 27.9 Å². The van der Waals surface area contributed by atoms with Gasteiger partial charge in [0, 0.05) is 30.8 Å². The molecule has 6 aromatic rings. The van der Waals surface area contributed by atoms with Gasteiger partial charge in [-0.05, 0) is 74.7 Å². The fraction of sp³-hybridized carbons (Fsp3) is 0.320. The number of rotatable bonds is 18. The molecule has 7 rings (SSSR count). The highest BCUT2D eigenvalue weighted by Gasteiger charge is 2.59. The number of benzene rings is 5. The van der Waals surface area contributed by atoms with Crippen LogP contribution in [0.1, 0.15) is 56.5 Å². The molecule has 1 aliphatic rings. The number of aromatic nitrogens is 2. The number of aromatic amines is 1. The standard InChI is InChI=1S/C50H55N5O8Si/c1-49(2,3)64(40-19-12-8-13-20-40,41-21-14-9-15-22-41)63-45-44(61-47(46(45)60-6)55-34-32-43(56)53-48(55)57)42(23-16-33-52-54-51)62-50(35-17-10-7-11-18-35,36-24-28-38(58-4)29-25-36)37-26-30-39(59-5)31-27-37/h7-15,17-22,24-32,34,42,44-47H,16,23,33H2,1-6H3,(H,53,56,57)/t42?,44-,45-,46-,47-/m1/s1. The van der Waals surface area contributed by atoms with Crippen LogP contribution in [0.25, 0.3) is 10.4 Å². The van der Waals surface area contributed by atoms with Crippen LogP contribution in [0.5, 0.6) is 11.5 Å². The molecule has 5 aromatic carbocycles. The average molecular weight is 882 g/mol. The van der Waals surface area contributed by atoms with Gasteiger partial charge in [-0.25, -0.2) is 4.79 Å². The van der Waals surface area contributed by atoms with Crippen molar-refractivity contribution < 1.29 is 28.1 Å². The van der Waals surface area contributed by atoms with Crippen molar-refractivity contribution in [3.63, 3.8) is 0 Å². The van der Waals surface area contributed by atoms with Crippen molar-refractivity contribution in [2.24, 2.45) is 5.11 Å². The Kier molecular flexibility index (Phi) is 14.3. The van der Waals surface area contributed by atoms with Gasteiger partial charge in [-0.1, -0.05) is 141 Å². The van der Waals surface area contributed by atoms with Gasteiger partial charge in [0.1, 0.15) is 35.4 Å². The number of methoxy groups -OCH3 is 3. The molecule has 13 nitrogen and oxygen atoms in total. The van der Waals surface area contributed by atoms with E-state index in [1.165, 1.54) is 16.8 Å². The normalized spacial score (nSPS) is 18.2. The number of nitrogens with zero attached hydrogens (tertiary/aromatic N) is 4. The van der Waals surface area contributed by atoms with Crippen LogP contribution >= 0.6 is 0 Å². The van der Waals surface area contributed by atoms with E-state index in [1.807, 2.05) is 115 Å². The summed E-state index contributed by atoms with van der Waals surface area (Å²) in [5.74, 6) is 1.34. The first-order valence-corrected chi connectivity index (χ1v) is 23.2. The van der Waals surface area contributed by atoms with Crippen molar-refractivity contribution in [1.29, 1.82) is 0 Å². The number of azide groups is 1. The van der Waals surface area contributed by atoms with E-state index in [0.29, 0.717) is 24.3 Å². The highest BCUT2D eigenvalue weighted by molar-refractivity contribution is 6.99. The number of H-pyrrole nitrogens is 1. The Hall–Kier alpha value is -6.25. The zero-order chi connectivity index (χ0) is 45.3. The molecule has 2 heterocycles. The Balaban J connectivity index is 1.51. The SMILES string of the molecule is COc1ccc(C(OC(CCCN=[N+]=[N-])[C@H]2O[C@@H](n3ccc(=O)[nH]c3=O)[C@H](OC)[C@@H]2O[Si](c2ccccc2)(c2ccccc2)C(C)(C)C)(c2ccccc2)c2ccc(OC)cc2)cc1. The van der Waals surface area contributed by atoms with Gasteiger partial charge in [0.25, 0.3) is 13.9 Å². The van der Waals surface area contributed by atoms with Crippen LogP contribution < -0.4 is 31.1 Å². The summed E-state index contributed by atoms with van der Waals surface area (Å²) in [6.07, 6.45) is -2.45. The maximum atomic E-state index is 13.7. The fourth-order valence-corrected chi connectivity index (χ4v) is 13.7. The van der Waals surface area contributed by atoms with Crippen LogP contribution in [-0.4, -0.2) is 70.2 Å². The lowest BCUT2D eigenvalue weighted by Gasteiger charge is -2.47. The minimum Gasteiger partial charge on any atom is -0.497 e. The van der Waals surface area contributed by atoms with Crippen molar-refractivity contribution in [1.82, 2.24) is 9.55 Å². The minimum atomic E-state index is -3.38. The second-order valence-electron chi connectivity index (χ2n) is 16.7. The molecule has 64 heavy (non-hydrogen) atoms. The van der Waals surface area contributed by atoms with Crippen molar-refractivity contribution in [2.45, 2.75) is 74.9 Å². The number of hydrogen-bond donors (Lipinski definition) is 1. The smallest absolute Gasteiger partial charge is 0.330 e. The first-order chi connectivity index (χ1) is 31.0. The van der Waals surface area contributed by atoms with Gasteiger partial charge >= 0.3 is 5.69 Å². The molecule has 5 atom stereocenters. The molecule has 14 heteroatoms. The maximum absolute atomic E-state index is 13.7. The molecule has 0 amide bonds. The van der Waals surface area contributed by atoms with E-state index < -0.39 is 60.8 Å². The molecule has 1 saturated heterocycles. The Morgan fingerprint density at radius 1 is 0.734 bits per heavy atom. The zero-order valence-corrected chi connectivity index (χ0v) is 38.0. The van der Waals surface area contributed by atoms with E-state index in [-0.39, 0.29) is 6.54 Å². The van der Waals surface area contributed by atoms with Gasteiger partial charge in [0.2, 0.25) is 0 Å². The first-order valence-electron chi connectivity index (χ1n) is 21.3. The lowest BCUT2D eigenvalue weighted by Crippen LogP contribution is -2.69. The third-order valence-electron chi connectivity index (χ3n) is 12.0. The number of ether oxygens (including phenoxy) is 5. The van der Waals surface area contributed by atoms with E-state index in [0.717, 1.165) is 27.1 Å². The molecule has 1 unspecified atom stereocenters. The largest absolute Gasteiger partial charge is 0.497 e. The van der Waals surface area contributed by atoms with Gasteiger partial charge in [-0.15, -0.1) is 0 Å². The summed E-state index contributed by atoms with van der Waals surface area (Å²) in [6, 6.07) is 47.3. The van der Waals surface area contributed by atoms with Crippen LogP contribution in [0, 0.1) is 0 Å². The second kappa shape index (κ2) is 20.1. The number of hydrogen-bond acceptors (Lipinski definition) is 9. The summed E-state index contributed by atoms with van der Waals surface area (Å²) in [5, 5.41) is 5.50. The van der Waals surface area contributed by atoms with Gasteiger partial charge in [-0.3, -0.25) is 14.3 Å². The summed E-state index contributed by atoms with van der Waals surface area (Å²) in [6.45, 7) is 6.76. The van der Waals surface area contributed by atoms with Crippen LogP contribution in [-0.2, 0) is 24.2 Å². The Labute approximate surface area is 374 Å². The fourth-order valence-electron chi connectivity index (χ4n) is 9.05. The predicted molar refractivity (Wildman–Crippen MR) is 249 cm³/mol. The lowest BCUT2D eigenvalue weighted by atomic mass is 9.79. The van der Waals surface area contributed by atoms with Crippen molar-refractivity contribution >= 4 is 18.7 Å². The molecule has 0 spiro atoms. The molecular formula is C50H55N5O8Si. The van der Waals surface area contributed by atoms with E-state index in [1.54, 1.807) is 21.3 Å². The van der Waals surface area contributed by atoms with Crippen LogP contribution in [0.3, 0.4) is 0 Å². The quantitative estimate of drug-likeness (QED) is 0.0228. The van der Waals surface area contributed by atoms with E-state index >= 15 is 0 Å². The highest BCUT2D eigenvalue weighted by Crippen LogP contribution is 2.48. The summed E-state index contributed by atoms with van der Waals surface area (Å²) in [7, 11) is 1.44. The summed E-state index contributed by atoms with van der Waals surface area (Å²) in [5.41, 5.74) is 9.29. The van der Waals surface area contributed by atoms with E-state index in [2.05, 4.69) is 60.0 Å². The number of nitrogens with one attached hydrogen (secondary N) is 1. The molecule has 0 radical (unpaired) electrons. The summed E-state index contributed by atoms with van der Waals surface area (Å²) < 4.78 is 42.1. The van der Waals surface area contributed by atoms with E-state index in [9.17, 15) is 15.1 Å². The summed E-state index contributed by atoms with van der Waals surface area (Å²) >= 11 is 0. The Bertz CT molecular complexity index is 2510. The first kappa shape index (κ1) is 45.8. The molecule has 0 bridgehead atoms. The molecule has 332 valence electrons. The molecular weight excluding hydrogens is 827 g/mol. The Morgan fingerprint density at radius 3 is 1.72 bits per heavy atom. The van der Waals surface area contributed by atoms with Crippen LogP contribution in [0.4, 0.5) is 0 Å². The monoisotopic (exact) mass is 881 g/mol. The highest BCUT2D eigenvalue weighted by atomic mass is 28.4. The lowest BCUT2D eigenvalue weighted by molar-refractivity contribution is -0.146.